The lowest BCUT2D eigenvalue weighted by Crippen LogP contribution is -2.43. The first-order valence-electron chi connectivity index (χ1n) is 6.34. The van der Waals surface area contributed by atoms with Crippen LogP contribution in [0.25, 0.3) is 10.9 Å². The molecule has 0 saturated heterocycles. The summed E-state index contributed by atoms with van der Waals surface area (Å²) >= 11 is 0. The Kier molecular flexibility index (Phi) is 2.44. The third-order valence-corrected chi connectivity index (χ3v) is 4.22. The Morgan fingerprint density at radius 3 is 2.78 bits per heavy atom. The van der Waals surface area contributed by atoms with E-state index in [2.05, 4.69) is 24.0 Å². The van der Waals surface area contributed by atoms with Gasteiger partial charge >= 0.3 is 5.97 Å². The van der Waals surface area contributed by atoms with E-state index in [1.807, 2.05) is 12.3 Å². The van der Waals surface area contributed by atoms with Crippen molar-refractivity contribution >= 4 is 16.9 Å². The Bertz CT molecular complexity index is 608. The summed E-state index contributed by atoms with van der Waals surface area (Å²) in [5.74, 6) is -0.0960. The van der Waals surface area contributed by atoms with Gasteiger partial charge in [-0.2, -0.15) is 0 Å². The largest absolute Gasteiger partial charge is 0.468 e. The number of aromatic amines is 1. The predicted molar refractivity (Wildman–Crippen MR) is 70.6 cm³/mol. The Balaban J connectivity index is 2.12. The first-order valence-corrected chi connectivity index (χ1v) is 6.34. The van der Waals surface area contributed by atoms with Gasteiger partial charge in [0.25, 0.3) is 0 Å². The summed E-state index contributed by atoms with van der Waals surface area (Å²) in [4.78, 5) is 15.3. The van der Waals surface area contributed by atoms with E-state index in [-0.39, 0.29) is 5.97 Å². The summed E-state index contributed by atoms with van der Waals surface area (Å²) in [6, 6.07) is 6.24. The lowest BCUT2D eigenvalue weighted by atomic mass is 9.64. The molecule has 0 radical (unpaired) electrons. The second-order valence-electron chi connectivity index (χ2n) is 5.16. The number of benzene rings is 1. The van der Waals surface area contributed by atoms with Crippen LogP contribution in [0.15, 0.2) is 24.4 Å². The van der Waals surface area contributed by atoms with E-state index >= 15 is 0 Å². The van der Waals surface area contributed by atoms with Gasteiger partial charge in [-0.15, -0.1) is 0 Å². The normalized spacial score (nSPS) is 17.4. The zero-order chi connectivity index (χ0) is 12.8. The number of esters is 1. The minimum absolute atomic E-state index is 0.0960. The molecule has 18 heavy (non-hydrogen) atoms. The molecule has 3 nitrogen and oxygen atoms in total. The molecule has 2 aromatic rings. The number of ether oxygens (including phenoxy) is 1. The van der Waals surface area contributed by atoms with Crippen LogP contribution in [-0.2, 0) is 14.9 Å². The monoisotopic (exact) mass is 243 g/mol. The molecule has 1 aromatic carbocycles. The summed E-state index contributed by atoms with van der Waals surface area (Å²) in [6.45, 7) is 2.08. The molecule has 0 amide bonds. The zero-order valence-corrected chi connectivity index (χ0v) is 10.7. The predicted octanol–water partition coefficient (Wildman–Crippen LogP) is 3.07. The summed E-state index contributed by atoms with van der Waals surface area (Å²) in [7, 11) is 1.47. The average molecular weight is 243 g/mol. The van der Waals surface area contributed by atoms with Crippen LogP contribution in [0.4, 0.5) is 0 Å². The molecule has 1 saturated carbocycles. The van der Waals surface area contributed by atoms with Crippen LogP contribution in [0.2, 0.25) is 0 Å². The van der Waals surface area contributed by atoms with Crippen LogP contribution in [0, 0.1) is 6.92 Å². The van der Waals surface area contributed by atoms with E-state index in [9.17, 15) is 4.79 Å². The smallest absolute Gasteiger partial charge is 0.316 e. The quantitative estimate of drug-likeness (QED) is 0.824. The van der Waals surface area contributed by atoms with E-state index in [4.69, 9.17) is 4.74 Å². The number of carbonyl (C=O) groups excluding carboxylic acids is 1. The van der Waals surface area contributed by atoms with Crippen molar-refractivity contribution < 1.29 is 9.53 Å². The Morgan fingerprint density at radius 2 is 2.17 bits per heavy atom. The Morgan fingerprint density at radius 1 is 1.39 bits per heavy atom. The van der Waals surface area contributed by atoms with Crippen molar-refractivity contribution in [3.63, 3.8) is 0 Å². The van der Waals surface area contributed by atoms with E-state index in [1.165, 1.54) is 18.1 Å². The molecule has 1 heterocycles. The highest BCUT2D eigenvalue weighted by Crippen LogP contribution is 2.45. The fraction of sp³-hybridized carbons (Fsp3) is 0.400. The Hall–Kier alpha value is -1.77. The molecule has 1 fully saturated rings. The molecule has 1 aliphatic rings. The number of hydrogen-bond acceptors (Lipinski definition) is 2. The fourth-order valence-electron chi connectivity index (χ4n) is 2.89. The van der Waals surface area contributed by atoms with E-state index in [0.29, 0.717) is 0 Å². The highest BCUT2D eigenvalue weighted by atomic mass is 16.5. The van der Waals surface area contributed by atoms with Gasteiger partial charge in [0.2, 0.25) is 0 Å². The summed E-state index contributed by atoms with van der Waals surface area (Å²) < 4.78 is 4.99. The average Bonchev–Trinajstić information content (AvgIpc) is 2.69. The minimum Gasteiger partial charge on any atom is -0.468 e. The van der Waals surface area contributed by atoms with Crippen molar-refractivity contribution in [2.75, 3.05) is 7.11 Å². The van der Waals surface area contributed by atoms with Gasteiger partial charge in [0.05, 0.1) is 12.5 Å². The minimum atomic E-state index is -0.396. The van der Waals surface area contributed by atoms with Gasteiger partial charge < -0.3 is 9.72 Å². The van der Waals surface area contributed by atoms with Crippen LogP contribution in [0.3, 0.4) is 0 Å². The number of hydrogen-bond donors (Lipinski definition) is 1. The molecule has 0 unspecified atom stereocenters. The second kappa shape index (κ2) is 3.87. The first kappa shape index (κ1) is 11.3. The number of aromatic nitrogens is 1. The molecule has 1 N–H and O–H groups in total. The van der Waals surface area contributed by atoms with Gasteiger partial charge in [0.15, 0.2) is 0 Å². The highest BCUT2D eigenvalue weighted by Gasteiger charge is 2.46. The maximum Gasteiger partial charge on any atom is 0.316 e. The van der Waals surface area contributed by atoms with E-state index in [0.717, 1.165) is 30.3 Å². The first-order chi connectivity index (χ1) is 8.67. The van der Waals surface area contributed by atoms with E-state index < -0.39 is 5.41 Å². The van der Waals surface area contributed by atoms with Gasteiger partial charge in [-0.1, -0.05) is 12.5 Å². The number of nitrogens with one attached hydrogen (secondary N) is 1. The SMILES string of the molecule is COC(=O)C1(c2ccc3[nH]cc(C)c3c2)CCC1. The number of carbonyl (C=O) groups is 1. The molecule has 94 valence electrons. The molecule has 3 rings (SSSR count). The van der Waals surface area contributed by atoms with Crippen molar-refractivity contribution in [1.82, 2.24) is 4.98 Å². The van der Waals surface area contributed by atoms with Crippen LogP contribution >= 0.6 is 0 Å². The van der Waals surface area contributed by atoms with Crippen LogP contribution in [0.1, 0.15) is 30.4 Å². The fourth-order valence-corrected chi connectivity index (χ4v) is 2.89. The number of H-pyrrole nitrogens is 1. The van der Waals surface area contributed by atoms with Crippen molar-refractivity contribution in [3.8, 4) is 0 Å². The lowest BCUT2D eigenvalue weighted by Gasteiger charge is -2.39. The van der Waals surface area contributed by atoms with Crippen LogP contribution < -0.4 is 0 Å². The van der Waals surface area contributed by atoms with Gasteiger partial charge in [0, 0.05) is 17.1 Å². The maximum atomic E-state index is 12.0. The number of methoxy groups -OCH3 is 1. The van der Waals surface area contributed by atoms with Gasteiger partial charge in [-0.25, -0.2) is 0 Å². The standard InChI is InChI=1S/C15H17NO2/c1-10-9-16-13-5-4-11(8-12(10)13)15(6-3-7-15)14(17)18-2/h4-5,8-9,16H,3,6-7H2,1-2H3. The number of fused-ring (bicyclic) bond motifs is 1. The summed E-state index contributed by atoms with van der Waals surface area (Å²) in [5.41, 5.74) is 3.03. The topological polar surface area (TPSA) is 42.1 Å². The lowest BCUT2D eigenvalue weighted by molar-refractivity contribution is -0.151. The third kappa shape index (κ3) is 1.40. The highest BCUT2D eigenvalue weighted by molar-refractivity contribution is 5.89. The molecule has 1 aromatic heterocycles. The molecule has 1 aliphatic carbocycles. The summed E-state index contributed by atoms with van der Waals surface area (Å²) in [6.07, 6.45) is 4.89. The van der Waals surface area contributed by atoms with Gasteiger partial charge in [0.1, 0.15) is 0 Å². The second-order valence-corrected chi connectivity index (χ2v) is 5.16. The zero-order valence-electron chi connectivity index (χ0n) is 10.7. The third-order valence-electron chi connectivity index (χ3n) is 4.22. The summed E-state index contributed by atoms with van der Waals surface area (Å²) in [5, 5.41) is 1.20. The van der Waals surface area contributed by atoms with Crippen molar-refractivity contribution in [1.29, 1.82) is 0 Å². The van der Waals surface area contributed by atoms with Crippen LogP contribution in [0.5, 0.6) is 0 Å². The van der Waals surface area contributed by atoms with Crippen molar-refractivity contribution in [3.05, 3.63) is 35.5 Å². The Labute approximate surface area is 106 Å². The molecule has 0 bridgehead atoms. The molecular weight excluding hydrogens is 226 g/mol. The molecule has 0 atom stereocenters. The number of aryl methyl sites for hydroxylation is 1. The molecular formula is C15H17NO2. The van der Waals surface area contributed by atoms with Crippen molar-refractivity contribution in [2.24, 2.45) is 0 Å². The molecule has 0 spiro atoms. The van der Waals surface area contributed by atoms with E-state index in [1.54, 1.807) is 0 Å². The van der Waals surface area contributed by atoms with Crippen molar-refractivity contribution in [2.45, 2.75) is 31.6 Å². The maximum absolute atomic E-state index is 12.0. The van der Waals surface area contributed by atoms with Gasteiger partial charge in [-0.05, 0) is 43.0 Å². The molecule has 3 heteroatoms. The van der Waals surface area contributed by atoms with Gasteiger partial charge in [-0.3, -0.25) is 4.79 Å². The van der Waals surface area contributed by atoms with Crippen LogP contribution in [-0.4, -0.2) is 18.1 Å². The molecule has 0 aliphatic heterocycles. The number of rotatable bonds is 2.